The number of halogens is 1. The summed E-state index contributed by atoms with van der Waals surface area (Å²) in [6, 6.07) is 19.1. The lowest BCUT2D eigenvalue weighted by Gasteiger charge is -2.24. The van der Waals surface area contributed by atoms with Crippen LogP contribution in [0, 0.1) is 0 Å². The van der Waals surface area contributed by atoms with Gasteiger partial charge in [0.25, 0.3) is 0 Å². The molecular weight excluding hydrogens is 396 g/mol. The van der Waals surface area contributed by atoms with Crippen molar-refractivity contribution in [1.29, 1.82) is 0 Å². The number of benzene rings is 2. The summed E-state index contributed by atoms with van der Waals surface area (Å²) in [5.74, 6) is -0.830. The number of nitrogens with zero attached hydrogens (tertiary/aromatic N) is 2. The predicted octanol–water partition coefficient (Wildman–Crippen LogP) is 5.28. The van der Waals surface area contributed by atoms with Gasteiger partial charge in [0, 0.05) is 29.1 Å². The van der Waals surface area contributed by atoms with Crippen LogP contribution in [0.1, 0.15) is 16.8 Å². The van der Waals surface area contributed by atoms with E-state index in [9.17, 15) is 14.7 Å². The van der Waals surface area contributed by atoms with Crippen LogP contribution in [0.25, 0.3) is 0 Å². The third-order valence-corrected chi connectivity index (χ3v) is 5.08. The first-order valence-electron chi connectivity index (χ1n) is 8.51. The number of amides is 1. The number of hydrogen-bond donors (Lipinski definition) is 1. The van der Waals surface area contributed by atoms with E-state index in [0.717, 1.165) is 5.03 Å². The lowest BCUT2D eigenvalue weighted by atomic mass is 10.1. The SMILES string of the molecule is O=C(O)c1cc(Cl)ccc1N(C(=O)CCSc1ccccn1)c1ccccc1. The van der Waals surface area contributed by atoms with Crippen molar-refractivity contribution < 1.29 is 14.7 Å². The van der Waals surface area contributed by atoms with Crippen molar-refractivity contribution in [3.63, 3.8) is 0 Å². The second-order valence-electron chi connectivity index (χ2n) is 5.80. The molecule has 0 saturated carbocycles. The summed E-state index contributed by atoms with van der Waals surface area (Å²) in [6.07, 6.45) is 1.92. The highest BCUT2D eigenvalue weighted by Gasteiger charge is 2.23. The molecule has 0 atom stereocenters. The summed E-state index contributed by atoms with van der Waals surface area (Å²) in [7, 11) is 0. The number of aromatic carboxylic acids is 1. The Morgan fingerprint density at radius 1 is 1.04 bits per heavy atom. The van der Waals surface area contributed by atoms with Crippen molar-refractivity contribution in [1.82, 2.24) is 4.98 Å². The Morgan fingerprint density at radius 3 is 2.46 bits per heavy atom. The van der Waals surface area contributed by atoms with E-state index in [1.807, 2.05) is 24.3 Å². The van der Waals surface area contributed by atoms with Gasteiger partial charge < -0.3 is 5.11 Å². The first-order valence-corrected chi connectivity index (χ1v) is 9.87. The van der Waals surface area contributed by atoms with Crippen LogP contribution in [0.2, 0.25) is 5.02 Å². The maximum atomic E-state index is 13.1. The van der Waals surface area contributed by atoms with Crippen LogP contribution < -0.4 is 4.90 Å². The topological polar surface area (TPSA) is 70.5 Å². The third-order valence-electron chi connectivity index (χ3n) is 3.90. The van der Waals surface area contributed by atoms with Gasteiger partial charge in [-0.2, -0.15) is 0 Å². The molecule has 0 fully saturated rings. The van der Waals surface area contributed by atoms with Crippen LogP contribution in [0.5, 0.6) is 0 Å². The summed E-state index contributed by atoms with van der Waals surface area (Å²) in [4.78, 5) is 30.4. The van der Waals surface area contributed by atoms with Gasteiger partial charge in [0.15, 0.2) is 0 Å². The van der Waals surface area contributed by atoms with E-state index in [-0.39, 0.29) is 23.6 Å². The maximum Gasteiger partial charge on any atom is 0.337 e. The van der Waals surface area contributed by atoms with Gasteiger partial charge in [-0.05, 0) is 42.5 Å². The molecule has 1 N–H and O–H groups in total. The summed E-state index contributed by atoms with van der Waals surface area (Å²) in [5, 5.41) is 10.7. The van der Waals surface area contributed by atoms with Gasteiger partial charge in [-0.3, -0.25) is 9.69 Å². The first kappa shape index (κ1) is 19.9. The molecule has 7 heteroatoms. The van der Waals surface area contributed by atoms with Crippen LogP contribution in [0.4, 0.5) is 11.4 Å². The van der Waals surface area contributed by atoms with Crippen molar-refractivity contribution in [3.8, 4) is 0 Å². The predicted molar refractivity (Wildman–Crippen MR) is 112 cm³/mol. The monoisotopic (exact) mass is 412 g/mol. The third kappa shape index (κ3) is 4.91. The van der Waals surface area contributed by atoms with E-state index in [4.69, 9.17) is 11.6 Å². The Hall–Kier alpha value is -2.83. The van der Waals surface area contributed by atoms with E-state index < -0.39 is 5.97 Å². The molecule has 2 aromatic carbocycles. The fourth-order valence-electron chi connectivity index (χ4n) is 2.66. The van der Waals surface area contributed by atoms with Gasteiger partial charge in [0.2, 0.25) is 5.91 Å². The fourth-order valence-corrected chi connectivity index (χ4v) is 3.62. The standard InChI is InChI=1S/C21H17ClN2O3S/c22-15-9-10-18(17(14-15)21(26)27)24(16-6-2-1-3-7-16)20(25)11-13-28-19-8-4-5-12-23-19/h1-10,12,14H,11,13H2,(H,26,27). The van der Waals surface area contributed by atoms with Crippen molar-refractivity contribution in [3.05, 3.63) is 83.5 Å². The summed E-state index contributed by atoms with van der Waals surface area (Å²) < 4.78 is 0. The Labute approximate surface area is 172 Å². The normalized spacial score (nSPS) is 10.5. The number of carboxylic acid groups (broad SMARTS) is 1. The molecule has 5 nitrogen and oxygen atoms in total. The van der Waals surface area contributed by atoms with Crippen LogP contribution in [-0.2, 0) is 4.79 Å². The van der Waals surface area contributed by atoms with Crippen molar-refractivity contribution in [2.75, 3.05) is 10.7 Å². The minimum atomic E-state index is -1.14. The maximum absolute atomic E-state index is 13.1. The average molecular weight is 413 g/mol. The van der Waals surface area contributed by atoms with E-state index in [2.05, 4.69) is 4.98 Å². The number of carbonyl (C=O) groups is 2. The number of anilines is 2. The smallest absolute Gasteiger partial charge is 0.337 e. The molecule has 0 unspecified atom stereocenters. The highest BCUT2D eigenvalue weighted by molar-refractivity contribution is 7.99. The molecule has 0 aliphatic rings. The number of thioether (sulfide) groups is 1. The minimum Gasteiger partial charge on any atom is -0.478 e. The molecule has 0 bridgehead atoms. The van der Waals surface area contributed by atoms with Crippen molar-refractivity contribution in [2.45, 2.75) is 11.4 Å². The average Bonchev–Trinajstić information content (AvgIpc) is 2.71. The molecule has 0 aliphatic heterocycles. The van der Waals surface area contributed by atoms with Gasteiger partial charge in [-0.25, -0.2) is 9.78 Å². The number of aromatic nitrogens is 1. The highest BCUT2D eigenvalue weighted by atomic mass is 35.5. The molecule has 142 valence electrons. The van der Waals surface area contributed by atoms with Gasteiger partial charge >= 0.3 is 5.97 Å². The van der Waals surface area contributed by atoms with Crippen molar-refractivity contribution in [2.24, 2.45) is 0 Å². The minimum absolute atomic E-state index is 0.0258. The summed E-state index contributed by atoms with van der Waals surface area (Å²) in [5.41, 5.74) is 0.859. The van der Waals surface area contributed by atoms with Crippen LogP contribution in [-0.4, -0.2) is 27.7 Å². The van der Waals surface area contributed by atoms with E-state index in [1.54, 1.807) is 42.6 Å². The molecule has 1 aromatic heterocycles. The first-order chi connectivity index (χ1) is 13.6. The Bertz CT molecular complexity index is 968. The summed E-state index contributed by atoms with van der Waals surface area (Å²) in [6.45, 7) is 0. The fraction of sp³-hybridized carbons (Fsp3) is 0.0952. The molecule has 1 heterocycles. The largest absolute Gasteiger partial charge is 0.478 e. The molecular formula is C21H17ClN2O3S. The Kier molecular flexibility index (Phi) is 6.68. The molecule has 0 spiro atoms. The molecule has 0 saturated heterocycles. The zero-order valence-corrected chi connectivity index (χ0v) is 16.4. The van der Waals surface area contributed by atoms with E-state index in [0.29, 0.717) is 16.5 Å². The number of pyridine rings is 1. The highest BCUT2D eigenvalue weighted by Crippen LogP contribution is 2.32. The second kappa shape index (κ2) is 9.39. The van der Waals surface area contributed by atoms with Gasteiger partial charge in [-0.1, -0.05) is 35.9 Å². The van der Waals surface area contributed by atoms with Crippen LogP contribution in [0.3, 0.4) is 0 Å². The molecule has 0 aliphatic carbocycles. The number of rotatable bonds is 7. The number of carboxylic acids is 1. The number of hydrogen-bond acceptors (Lipinski definition) is 4. The molecule has 0 radical (unpaired) electrons. The van der Waals surface area contributed by atoms with Gasteiger partial charge in [-0.15, -0.1) is 11.8 Å². The summed E-state index contributed by atoms with van der Waals surface area (Å²) >= 11 is 7.44. The lowest BCUT2D eigenvalue weighted by molar-refractivity contribution is -0.117. The zero-order valence-electron chi connectivity index (χ0n) is 14.8. The van der Waals surface area contributed by atoms with Crippen LogP contribution in [0.15, 0.2) is 78.0 Å². The molecule has 3 aromatic rings. The number of carbonyl (C=O) groups excluding carboxylic acids is 1. The molecule has 28 heavy (non-hydrogen) atoms. The molecule has 3 rings (SSSR count). The van der Waals surface area contributed by atoms with Gasteiger partial charge in [0.1, 0.15) is 0 Å². The Balaban J connectivity index is 1.88. The second-order valence-corrected chi connectivity index (χ2v) is 7.35. The van der Waals surface area contributed by atoms with Crippen LogP contribution >= 0.6 is 23.4 Å². The quantitative estimate of drug-likeness (QED) is 0.534. The van der Waals surface area contributed by atoms with E-state index >= 15 is 0 Å². The molecule has 1 amide bonds. The lowest BCUT2D eigenvalue weighted by Crippen LogP contribution is -2.28. The van der Waals surface area contributed by atoms with Crippen molar-refractivity contribution >= 4 is 46.6 Å². The van der Waals surface area contributed by atoms with E-state index in [1.165, 1.54) is 22.7 Å². The van der Waals surface area contributed by atoms with Gasteiger partial charge in [0.05, 0.1) is 16.3 Å². The zero-order chi connectivity index (χ0) is 19.9. The Morgan fingerprint density at radius 2 is 1.79 bits per heavy atom. The number of para-hydroxylation sites is 1.